The molecular formula is C12H18N2O4S. The Morgan fingerprint density at radius 1 is 1.32 bits per heavy atom. The van der Waals surface area contributed by atoms with Crippen LogP contribution in [0.1, 0.15) is 31.9 Å². The molecule has 0 aromatic heterocycles. The third-order valence-electron chi connectivity index (χ3n) is 2.54. The van der Waals surface area contributed by atoms with Crippen LogP contribution in [0.5, 0.6) is 0 Å². The number of hydrogen-bond acceptors (Lipinski definition) is 4. The summed E-state index contributed by atoms with van der Waals surface area (Å²) in [7, 11) is -3.69. The summed E-state index contributed by atoms with van der Waals surface area (Å²) >= 11 is 0. The molecule has 0 bridgehead atoms. The Morgan fingerprint density at radius 2 is 1.84 bits per heavy atom. The predicted octanol–water partition coefficient (Wildman–Crippen LogP) is 0.282. The average molecular weight is 286 g/mol. The van der Waals surface area contributed by atoms with Crippen LogP contribution in [0.2, 0.25) is 0 Å². The van der Waals surface area contributed by atoms with Crippen LogP contribution in [-0.2, 0) is 14.8 Å². The number of hydrogen-bond donors (Lipinski definition) is 3. The second-order valence-corrected chi connectivity index (χ2v) is 6.15. The molecule has 1 aromatic carbocycles. The number of amides is 1. The number of aliphatic hydroxyl groups is 1. The Balaban J connectivity index is 2.85. The Hall–Kier alpha value is -1.44. The van der Waals surface area contributed by atoms with E-state index >= 15 is 0 Å². The van der Waals surface area contributed by atoms with Crippen molar-refractivity contribution in [2.24, 2.45) is 5.73 Å². The Labute approximate surface area is 112 Å². The fourth-order valence-corrected chi connectivity index (χ4v) is 2.85. The van der Waals surface area contributed by atoms with E-state index in [0.29, 0.717) is 5.56 Å². The van der Waals surface area contributed by atoms with E-state index in [1.54, 1.807) is 13.8 Å². The molecule has 2 unspecified atom stereocenters. The van der Waals surface area contributed by atoms with E-state index in [0.717, 1.165) is 0 Å². The summed E-state index contributed by atoms with van der Waals surface area (Å²) < 4.78 is 26.3. The normalized spacial score (nSPS) is 14.9. The molecule has 0 aliphatic heterocycles. The van der Waals surface area contributed by atoms with Crippen molar-refractivity contribution in [2.75, 3.05) is 0 Å². The quantitative estimate of drug-likeness (QED) is 0.697. The molecule has 0 radical (unpaired) electrons. The number of carbonyl (C=O) groups is 1. The lowest BCUT2D eigenvalue weighted by Gasteiger charge is -2.13. The molecule has 0 aliphatic carbocycles. The number of primary amides is 1. The van der Waals surface area contributed by atoms with Crippen molar-refractivity contribution in [1.82, 2.24) is 4.72 Å². The van der Waals surface area contributed by atoms with Gasteiger partial charge in [0.25, 0.3) is 0 Å². The maximum atomic E-state index is 12.0. The average Bonchev–Trinajstić information content (AvgIpc) is 2.27. The monoisotopic (exact) mass is 286 g/mol. The molecule has 6 nitrogen and oxygen atoms in total. The number of aliphatic hydroxyl groups excluding tert-OH is 1. The molecule has 1 aromatic rings. The van der Waals surface area contributed by atoms with Gasteiger partial charge in [-0.3, -0.25) is 4.79 Å². The van der Waals surface area contributed by atoms with Crippen LogP contribution in [0, 0.1) is 0 Å². The predicted molar refractivity (Wildman–Crippen MR) is 70.7 cm³/mol. The molecule has 106 valence electrons. The van der Waals surface area contributed by atoms with E-state index in [1.165, 1.54) is 24.3 Å². The van der Waals surface area contributed by atoms with Crippen molar-refractivity contribution in [3.8, 4) is 0 Å². The lowest BCUT2D eigenvalue weighted by Crippen LogP contribution is -2.35. The fourth-order valence-electron chi connectivity index (χ4n) is 1.60. The van der Waals surface area contributed by atoms with Gasteiger partial charge in [-0.25, -0.2) is 13.1 Å². The maximum absolute atomic E-state index is 12.0. The van der Waals surface area contributed by atoms with Crippen molar-refractivity contribution < 1.29 is 18.3 Å². The summed E-state index contributed by atoms with van der Waals surface area (Å²) in [4.78, 5) is 10.8. The minimum atomic E-state index is -3.69. The molecule has 4 N–H and O–H groups in total. The van der Waals surface area contributed by atoms with Gasteiger partial charge in [0.1, 0.15) is 0 Å². The van der Waals surface area contributed by atoms with Gasteiger partial charge < -0.3 is 10.8 Å². The van der Waals surface area contributed by atoms with Gasteiger partial charge in [-0.1, -0.05) is 12.1 Å². The first-order valence-electron chi connectivity index (χ1n) is 5.81. The van der Waals surface area contributed by atoms with Gasteiger partial charge in [0, 0.05) is 12.5 Å². The Bertz CT molecular complexity index is 537. The van der Waals surface area contributed by atoms with Crippen molar-refractivity contribution in [3.05, 3.63) is 29.8 Å². The van der Waals surface area contributed by atoms with Gasteiger partial charge in [-0.15, -0.1) is 0 Å². The molecule has 1 amide bonds. The maximum Gasteiger partial charge on any atom is 0.240 e. The molecule has 2 atom stereocenters. The molecule has 1 rings (SSSR count). The molecule has 0 saturated heterocycles. The molecule has 0 fully saturated rings. The van der Waals surface area contributed by atoms with Crippen LogP contribution in [0.4, 0.5) is 0 Å². The zero-order valence-electron chi connectivity index (χ0n) is 10.8. The highest BCUT2D eigenvalue weighted by Gasteiger charge is 2.18. The Kier molecular flexibility index (Phi) is 5.04. The van der Waals surface area contributed by atoms with Gasteiger partial charge in [0.05, 0.1) is 11.0 Å². The van der Waals surface area contributed by atoms with Crippen molar-refractivity contribution in [2.45, 2.75) is 37.3 Å². The minimum absolute atomic E-state index is 0.0645. The van der Waals surface area contributed by atoms with Crippen LogP contribution in [-0.4, -0.2) is 25.5 Å². The molecule has 0 saturated carbocycles. The van der Waals surface area contributed by atoms with Gasteiger partial charge in [0.2, 0.25) is 15.9 Å². The molecule has 19 heavy (non-hydrogen) atoms. The minimum Gasteiger partial charge on any atom is -0.389 e. The second kappa shape index (κ2) is 6.14. The largest absolute Gasteiger partial charge is 0.389 e. The molecular weight excluding hydrogens is 268 g/mol. The number of benzene rings is 1. The highest BCUT2D eigenvalue weighted by atomic mass is 32.2. The first-order valence-corrected chi connectivity index (χ1v) is 7.29. The molecule has 0 heterocycles. The van der Waals surface area contributed by atoms with Crippen LogP contribution >= 0.6 is 0 Å². The number of nitrogens with one attached hydrogen (secondary N) is 1. The summed E-state index contributed by atoms with van der Waals surface area (Å²) in [5, 5.41) is 9.35. The molecule has 0 spiro atoms. The van der Waals surface area contributed by atoms with E-state index < -0.39 is 28.1 Å². The number of carbonyl (C=O) groups excluding carboxylic acids is 1. The SMILES string of the molecule is CC(CC(N)=O)NS(=O)(=O)c1ccc(C(C)O)cc1. The van der Waals surface area contributed by atoms with E-state index in [4.69, 9.17) is 5.73 Å². The summed E-state index contributed by atoms with van der Waals surface area (Å²) in [6, 6.07) is 5.32. The van der Waals surface area contributed by atoms with Crippen LogP contribution in [0.25, 0.3) is 0 Å². The number of nitrogens with two attached hydrogens (primary N) is 1. The summed E-state index contributed by atoms with van der Waals surface area (Å²) in [5.41, 5.74) is 5.63. The fraction of sp³-hybridized carbons (Fsp3) is 0.417. The van der Waals surface area contributed by atoms with Crippen molar-refractivity contribution in [3.63, 3.8) is 0 Å². The van der Waals surface area contributed by atoms with E-state index in [9.17, 15) is 18.3 Å². The summed E-state index contributed by atoms with van der Waals surface area (Å²) in [6.07, 6.45) is -0.719. The highest BCUT2D eigenvalue weighted by Crippen LogP contribution is 2.16. The number of rotatable bonds is 6. The number of sulfonamides is 1. The van der Waals surface area contributed by atoms with Gasteiger partial charge in [-0.05, 0) is 31.5 Å². The van der Waals surface area contributed by atoms with Gasteiger partial charge in [-0.2, -0.15) is 0 Å². The highest BCUT2D eigenvalue weighted by molar-refractivity contribution is 7.89. The van der Waals surface area contributed by atoms with Gasteiger partial charge >= 0.3 is 0 Å². The molecule has 7 heteroatoms. The van der Waals surface area contributed by atoms with Gasteiger partial charge in [0.15, 0.2) is 0 Å². The Morgan fingerprint density at radius 3 is 2.26 bits per heavy atom. The van der Waals surface area contributed by atoms with Crippen LogP contribution in [0.3, 0.4) is 0 Å². The third kappa shape index (κ3) is 4.62. The topological polar surface area (TPSA) is 109 Å². The van der Waals surface area contributed by atoms with Crippen LogP contribution in [0.15, 0.2) is 29.2 Å². The smallest absolute Gasteiger partial charge is 0.240 e. The zero-order chi connectivity index (χ0) is 14.6. The molecule has 0 aliphatic rings. The van der Waals surface area contributed by atoms with E-state index in [1.807, 2.05) is 0 Å². The summed E-state index contributed by atoms with van der Waals surface area (Å²) in [5.74, 6) is -0.570. The first kappa shape index (κ1) is 15.6. The second-order valence-electron chi connectivity index (χ2n) is 4.44. The lowest BCUT2D eigenvalue weighted by molar-refractivity contribution is -0.118. The van der Waals surface area contributed by atoms with Crippen molar-refractivity contribution in [1.29, 1.82) is 0 Å². The lowest BCUT2D eigenvalue weighted by atomic mass is 10.1. The third-order valence-corrected chi connectivity index (χ3v) is 4.14. The van der Waals surface area contributed by atoms with E-state index in [2.05, 4.69) is 4.72 Å². The van der Waals surface area contributed by atoms with Crippen LogP contribution < -0.4 is 10.5 Å². The van der Waals surface area contributed by atoms with Crippen molar-refractivity contribution >= 4 is 15.9 Å². The first-order chi connectivity index (χ1) is 8.72. The summed E-state index contributed by atoms with van der Waals surface area (Å²) in [6.45, 7) is 3.16. The zero-order valence-corrected chi connectivity index (χ0v) is 11.6. The standard InChI is InChI=1S/C12H18N2O4S/c1-8(7-12(13)16)14-19(17,18)11-5-3-10(4-6-11)9(2)15/h3-6,8-9,14-15H,7H2,1-2H3,(H2,13,16). The van der Waals surface area contributed by atoms with E-state index in [-0.39, 0.29) is 11.3 Å².